The van der Waals surface area contributed by atoms with Crippen LogP contribution in [0.5, 0.6) is 5.75 Å². The SMILES string of the molecule is COc1ccc(-c2ccc(CC(N)CO)o2)cc1Cl. The molecule has 0 aliphatic rings. The maximum Gasteiger partial charge on any atom is 0.137 e. The summed E-state index contributed by atoms with van der Waals surface area (Å²) in [6.45, 7) is -0.0651. The number of ether oxygens (including phenoxy) is 1. The summed E-state index contributed by atoms with van der Waals surface area (Å²) < 4.78 is 10.8. The molecule has 0 amide bonds. The van der Waals surface area contributed by atoms with Gasteiger partial charge in [-0.15, -0.1) is 0 Å². The van der Waals surface area contributed by atoms with E-state index < -0.39 is 0 Å². The molecule has 0 bridgehead atoms. The van der Waals surface area contributed by atoms with E-state index in [-0.39, 0.29) is 12.6 Å². The van der Waals surface area contributed by atoms with Crippen LogP contribution in [0.4, 0.5) is 0 Å². The maximum atomic E-state index is 8.92. The average Bonchev–Trinajstić information content (AvgIpc) is 2.87. The smallest absolute Gasteiger partial charge is 0.137 e. The predicted octanol–water partition coefficient (Wildman–Crippen LogP) is 2.47. The number of hydrogen-bond donors (Lipinski definition) is 2. The van der Waals surface area contributed by atoms with Crippen molar-refractivity contribution in [2.45, 2.75) is 12.5 Å². The number of benzene rings is 1. The molecular formula is C14H16ClNO3. The normalized spacial score (nSPS) is 12.4. The number of methoxy groups -OCH3 is 1. The van der Waals surface area contributed by atoms with Gasteiger partial charge in [0.2, 0.25) is 0 Å². The standard InChI is InChI=1S/C14H16ClNO3/c1-18-14-4-2-9(6-12(14)15)13-5-3-11(19-13)7-10(16)8-17/h2-6,10,17H,7-8,16H2,1H3. The Morgan fingerprint density at radius 1 is 1.37 bits per heavy atom. The summed E-state index contributed by atoms with van der Waals surface area (Å²) >= 11 is 6.07. The molecule has 2 aromatic rings. The fourth-order valence-electron chi connectivity index (χ4n) is 1.79. The Labute approximate surface area is 116 Å². The van der Waals surface area contributed by atoms with Crippen LogP contribution in [0.2, 0.25) is 5.02 Å². The molecular weight excluding hydrogens is 266 g/mol. The van der Waals surface area contributed by atoms with Crippen LogP contribution < -0.4 is 10.5 Å². The third kappa shape index (κ3) is 3.29. The van der Waals surface area contributed by atoms with Gasteiger partial charge in [-0.1, -0.05) is 11.6 Å². The highest BCUT2D eigenvalue weighted by molar-refractivity contribution is 6.32. The van der Waals surface area contributed by atoms with E-state index in [1.165, 1.54) is 0 Å². The summed E-state index contributed by atoms with van der Waals surface area (Å²) in [5.74, 6) is 2.08. The van der Waals surface area contributed by atoms with Crippen molar-refractivity contribution in [3.8, 4) is 17.1 Å². The second-order valence-corrected chi connectivity index (χ2v) is 4.67. The van der Waals surface area contributed by atoms with Gasteiger partial charge in [0.1, 0.15) is 17.3 Å². The van der Waals surface area contributed by atoms with Gasteiger partial charge in [0.25, 0.3) is 0 Å². The second kappa shape index (κ2) is 6.10. The lowest BCUT2D eigenvalue weighted by molar-refractivity contribution is 0.260. The number of aliphatic hydroxyl groups excluding tert-OH is 1. The van der Waals surface area contributed by atoms with Crippen molar-refractivity contribution in [1.29, 1.82) is 0 Å². The molecule has 0 spiro atoms. The quantitative estimate of drug-likeness (QED) is 0.883. The molecule has 0 saturated heterocycles. The Balaban J connectivity index is 2.20. The molecule has 3 N–H and O–H groups in total. The van der Waals surface area contributed by atoms with E-state index in [2.05, 4.69) is 0 Å². The lowest BCUT2D eigenvalue weighted by atomic mass is 10.1. The lowest BCUT2D eigenvalue weighted by Gasteiger charge is -2.05. The maximum absolute atomic E-state index is 8.92. The minimum atomic E-state index is -0.307. The molecule has 1 atom stereocenters. The number of nitrogens with two attached hydrogens (primary N) is 1. The highest BCUT2D eigenvalue weighted by Gasteiger charge is 2.10. The van der Waals surface area contributed by atoms with Crippen molar-refractivity contribution in [3.05, 3.63) is 41.1 Å². The van der Waals surface area contributed by atoms with E-state index in [1.54, 1.807) is 19.2 Å². The van der Waals surface area contributed by atoms with Crippen LogP contribution in [-0.2, 0) is 6.42 Å². The van der Waals surface area contributed by atoms with Crippen LogP contribution in [0.25, 0.3) is 11.3 Å². The summed E-state index contributed by atoms with van der Waals surface area (Å²) in [6, 6.07) is 8.85. The largest absolute Gasteiger partial charge is 0.495 e. The third-order valence-electron chi connectivity index (χ3n) is 2.80. The van der Waals surface area contributed by atoms with Crippen LogP contribution in [0.3, 0.4) is 0 Å². The Bertz CT molecular complexity index is 553. The summed E-state index contributed by atoms with van der Waals surface area (Å²) in [5.41, 5.74) is 6.54. The summed E-state index contributed by atoms with van der Waals surface area (Å²) in [5, 5.41) is 9.45. The molecule has 0 radical (unpaired) electrons. The van der Waals surface area contributed by atoms with Crippen LogP contribution in [0.15, 0.2) is 34.7 Å². The first-order valence-electron chi connectivity index (χ1n) is 5.93. The Kier molecular flexibility index (Phi) is 4.47. The van der Waals surface area contributed by atoms with Gasteiger partial charge in [-0.25, -0.2) is 0 Å². The van der Waals surface area contributed by atoms with Gasteiger partial charge in [-0.3, -0.25) is 0 Å². The highest BCUT2D eigenvalue weighted by Crippen LogP contribution is 2.31. The third-order valence-corrected chi connectivity index (χ3v) is 3.09. The molecule has 1 aromatic heterocycles. The zero-order valence-electron chi connectivity index (χ0n) is 10.6. The highest BCUT2D eigenvalue weighted by atomic mass is 35.5. The monoisotopic (exact) mass is 281 g/mol. The Morgan fingerprint density at radius 3 is 2.79 bits per heavy atom. The fourth-order valence-corrected chi connectivity index (χ4v) is 2.04. The van der Waals surface area contributed by atoms with Gasteiger partial charge in [-0.2, -0.15) is 0 Å². The van der Waals surface area contributed by atoms with Gasteiger partial charge >= 0.3 is 0 Å². The van der Waals surface area contributed by atoms with Gasteiger partial charge < -0.3 is 20.0 Å². The van der Waals surface area contributed by atoms with Gasteiger partial charge in [0.15, 0.2) is 0 Å². The molecule has 1 unspecified atom stereocenters. The molecule has 19 heavy (non-hydrogen) atoms. The minimum Gasteiger partial charge on any atom is -0.495 e. The molecule has 1 heterocycles. The van der Waals surface area contributed by atoms with Gasteiger partial charge in [-0.05, 0) is 30.3 Å². The van der Waals surface area contributed by atoms with Gasteiger partial charge in [0, 0.05) is 18.0 Å². The molecule has 5 heteroatoms. The van der Waals surface area contributed by atoms with Crippen LogP contribution in [0.1, 0.15) is 5.76 Å². The topological polar surface area (TPSA) is 68.6 Å². The summed E-state index contributed by atoms with van der Waals surface area (Å²) in [6.07, 6.45) is 0.500. The summed E-state index contributed by atoms with van der Waals surface area (Å²) in [4.78, 5) is 0. The molecule has 0 aliphatic heterocycles. The predicted molar refractivity (Wildman–Crippen MR) is 74.5 cm³/mol. The molecule has 1 aromatic carbocycles. The van der Waals surface area contributed by atoms with E-state index in [0.717, 1.165) is 11.3 Å². The zero-order chi connectivity index (χ0) is 13.8. The van der Waals surface area contributed by atoms with Crippen molar-refractivity contribution in [1.82, 2.24) is 0 Å². The molecule has 0 fully saturated rings. The van der Waals surface area contributed by atoms with Crippen molar-refractivity contribution in [2.24, 2.45) is 5.73 Å². The number of rotatable bonds is 5. The molecule has 2 rings (SSSR count). The lowest BCUT2D eigenvalue weighted by Crippen LogP contribution is -2.26. The average molecular weight is 282 g/mol. The first-order chi connectivity index (χ1) is 9.13. The van der Waals surface area contributed by atoms with E-state index in [0.29, 0.717) is 23.0 Å². The van der Waals surface area contributed by atoms with Crippen molar-refractivity contribution in [3.63, 3.8) is 0 Å². The van der Waals surface area contributed by atoms with E-state index in [9.17, 15) is 0 Å². The van der Waals surface area contributed by atoms with E-state index in [1.807, 2.05) is 18.2 Å². The van der Waals surface area contributed by atoms with Crippen LogP contribution in [-0.4, -0.2) is 24.9 Å². The minimum absolute atomic E-state index is 0.0651. The molecule has 0 aliphatic carbocycles. The van der Waals surface area contributed by atoms with E-state index in [4.69, 9.17) is 31.6 Å². The Morgan fingerprint density at radius 2 is 2.16 bits per heavy atom. The van der Waals surface area contributed by atoms with E-state index >= 15 is 0 Å². The molecule has 0 saturated carbocycles. The summed E-state index contributed by atoms with van der Waals surface area (Å²) in [7, 11) is 1.57. The first-order valence-corrected chi connectivity index (χ1v) is 6.31. The second-order valence-electron chi connectivity index (χ2n) is 4.26. The number of hydrogen-bond acceptors (Lipinski definition) is 4. The van der Waals surface area contributed by atoms with Crippen molar-refractivity contribution < 1.29 is 14.3 Å². The van der Waals surface area contributed by atoms with Crippen LogP contribution in [0, 0.1) is 0 Å². The first kappa shape index (κ1) is 13.9. The van der Waals surface area contributed by atoms with Crippen molar-refractivity contribution >= 4 is 11.6 Å². The Hall–Kier alpha value is -1.49. The fraction of sp³-hybridized carbons (Fsp3) is 0.286. The number of halogens is 1. The zero-order valence-corrected chi connectivity index (χ0v) is 11.4. The van der Waals surface area contributed by atoms with Crippen LogP contribution >= 0.6 is 11.6 Å². The van der Waals surface area contributed by atoms with Gasteiger partial charge in [0.05, 0.1) is 18.7 Å². The molecule has 4 nitrogen and oxygen atoms in total. The number of furan rings is 1. The molecule has 102 valence electrons. The number of aliphatic hydroxyl groups is 1. The van der Waals surface area contributed by atoms with Crippen molar-refractivity contribution in [2.75, 3.05) is 13.7 Å².